The predicted octanol–water partition coefficient (Wildman–Crippen LogP) is 3.02. The number of carbonyl (C=O) groups excluding carboxylic acids is 1. The van der Waals surface area contributed by atoms with Gasteiger partial charge in [-0.2, -0.15) is 0 Å². The van der Waals surface area contributed by atoms with Gasteiger partial charge in [0.25, 0.3) is 10.0 Å². The van der Waals surface area contributed by atoms with Crippen LogP contribution < -0.4 is 10.3 Å². The largest absolute Gasteiger partial charge is 0.451 e. The zero-order chi connectivity index (χ0) is 17.3. The highest BCUT2D eigenvalue weighted by Crippen LogP contribution is 2.24. The Labute approximate surface area is 143 Å². The van der Waals surface area contributed by atoms with Crippen LogP contribution in [0.2, 0.25) is 5.02 Å². The molecule has 0 bridgehead atoms. The number of rotatable bonds is 4. The normalized spacial score (nSPS) is 11.6. The van der Waals surface area contributed by atoms with Crippen LogP contribution in [0.3, 0.4) is 0 Å². The Balaban J connectivity index is 1.81. The van der Waals surface area contributed by atoms with Crippen molar-refractivity contribution in [2.45, 2.75) is 11.8 Å². The van der Waals surface area contributed by atoms with Gasteiger partial charge in [0.05, 0.1) is 4.90 Å². The Morgan fingerprint density at radius 2 is 1.88 bits per heavy atom. The van der Waals surface area contributed by atoms with Crippen molar-refractivity contribution in [1.82, 2.24) is 10.3 Å². The van der Waals surface area contributed by atoms with Crippen molar-refractivity contribution >= 4 is 38.5 Å². The van der Waals surface area contributed by atoms with E-state index in [-0.39, 0.29) is 15.7 Å². The lowest BCUT2D eigenvalue weighted by atomic mass is 10.1. The molecular weight excluding hydrogens is 352 g/mol. The molecule has 0 saturated carbocycles. The molecule has 0 aliphatic carbocycles. The smallest absolute Gasteiger partial charge is 0.302 e. The summed E-state index contributed by atoms with van der Waals surface area (Å²) < 4.78 is 29.8. The predicted molar refractivity (Wildman–Crippen MR) is 90.2 cm³/mol. The number of benzene rings is 2. The first kappa shape index (κ1) is 16.5. The monoisotopic (exact) mass is 364 g/mol. The molecule has 1 amide bonds. The van der Waals surface area contributed by atoms with Crippen LogP contribution in [0.1, 0.15) is 16.1 Å². The quantitative estimate of drug-likeness (QED) is 0.696. The second-order valence-corrected chi connectivity index (χ2v) is 7.19. The van der Waals surface area contributed by atoms with E-state index in [1.807, 2.05) is 17.0 Å². The van der Waals surface area contributed by atoms with Crippen LogP contribution in [0.15, 0.2) is 57.8 Å². The topological polar surface area (TPSA) is 88.4 Å². The Morgan fingerprint density at radius 3 is 2.58 bits per heavy atom. The standard InChI is InChI=1S/C16H13ClN2O4S/c1-10-13-7-2-3-8-14(13)23-15(10)16(20)18-19-24(21,22)12-6-4-5-11(17)9-12/h2-9,19H,1H3,(H,18,20). The number of fused-ring (bicyclic) bond motifs is 1. The van der Waals surface area contributed by atoms with E-state index in [2.05, 4.69) is 5.43 Å². The summed E-state index contributed by atoms with van der Waals surface area (Å²) in [5, 5.41) is 1.07. The fourth-order valence-corrected chi connectivity index (χ4v) is 3.39. The summed E-state index contributed by atoms with van der Waals surface area (Å²) in [4.78, 5) is 14.2. The molecule has 0 fully saturated rings. The van der Waals surface area contributed by atoms with Crippen molar-refractivity contribution in [3.8, 4) is 0 Å². The molecule has 1 aromatic heterocycles. The molecule has 1 heterocycles. The molecular formula is C16H13ClN2O4S. The third-order valence-electron chi connectivity index (χ3n) is 3.46. The summed E-state index contributed by atoms with van der Waals surface area (Å²) in [5.74, 6) is -0.640. The third-order valence-corrected chi connectivity index (χ3v) is 4.94. The number of amides is 1. The number of halogens is 1. The Hall–Kier alpha value is -2.35. The number of nitrogens with one attached hydrogen (secondary N) is 2. The maximum absolute atomic E-state index is 12.2. The SMILES string of the molecule is Cc1c(C(=O)NNS(=O)(=O)c2cccc(Cl)c2)oc2ccccc12. The summed E-state index contributed by atoms with van der Waals surface area (Å²) in [6, 6.07) is 12.9. The van der Waals surface area contributed by atoms with Gasteiger partial charge in [0, 0.05) is 16.0 Å². The van der Waals surface area contributed by atoms with Crippen molar-refractivity contribution in [3.05, 3.63) is 64.9 Å². The van der Waals surface area contributed by atoms with Crippen LogP contribution >= 0.6 is 11.6 Å². The van der Waals surface area contributed by atoms with Crippen LogP contribution in [0.25, 0.3) is 11.0 Å². The van der Waals surface area contributed by atoms with E-state index >= 15 is 0 Å². The molecule has 0 spiro atoms. The minimum atomic E-state index is -3.94. The van der Waals surface area contributed by atoms with Gasteiger partial charge in [0.15, 0.2) is 5.76 Å². The average Bonchev–Trinajstić information content (AvgIpc) is 2.90. The number of hydrogen-bond acceptors (Lipinski definition) is 4. The van der Waals surface area contributed by atoms with Crippen molar-refractivity contribution < 1.29 is 17.6 Å². The number of carbonyl (C=O) groups is 1. The van der Waals surface area contributed by atoms with E-state index in [9.17, 15) is 13.2 Å². The summed E-state index contributed by atoms with van der Waals surface area (Å²) >= 11 is 5.78. The molecule has 124 valence electrons. The molecule has 6 nitrogen and oxygen atoms in total. The molecule has 3 aromatic rings. The Morgan fingerprint density at radius 1 is 1.12 bits per heavy atom. The first-order chi connectivity index (χ1) is 11.4. The van der Waals surface area contributed by atoms with E-state index in [1.165, 1.54) is 18.2 Å². The lowest BCUT2D eigenvalue weighted by Gasteiger charge is -2.08. The number of para-hydroxylation sites is 1. The number of hydrogen-bond donors (Lipinski definition) is 2. The molecule has 8 heteroatoms. The first-order valence-electron chi connectivity index (χ1n) is 6.94. The highest BCUT2D eigenvalue weighted by Gasteiger charge is 2.20. The summed E-state index contributed by atoms with van der Waals surface area (Å²) in [5.41, 5.74) is 3.33. The molecule has 0 atom stereocenters. The number of aryl methyl sites for hydroxylation is 1. The van der Waals surface area contributed by atoms with Gasteiger partial charge in [-0.1, -0.05) is 35.9 Å². The maximum atomic E-state index is 12.2. The van der Waals surface area contributed by atoms with Crippen molar-refractivity contribution in [3.63, 3.8) is 0 Å². The van der Waals surface area contributed by atoms with Gasteiger partial charge in [-0.05, 0) is 31.2 Å². The van der Waals surface area contributed by atoms with Gasteiger partial charge < -0.3 is 4.42 Å². The second-order valence-electron chi connectivity index (χ2n) is 5.07. The van der Waals surface area contributed by atoms with Crippen molar-refractivity contribution in [2.75, 3.05) is 0 Å². The average molecular weight is 365 g/mol. The Kier molecular flexibility index (Phi) is 4.31. The molecule has 3 rings (SSSR count). The van der Waals surface area contributed by atoms with Gasteiger partial charge >= 0.3 is 5.91 Å². The fraction of sp³-hybridized carbons (Fsp3) is 0.0625. The summed E-state index contributed by atoms with van der Waals surface area (Å²) in [6.45, 7) is 1.73. The summed E-state index contributed by atoms with van der Waals surface area (Å²) in [7, 11) is -3.94. The third kappa shape index (κ3) is 3.14. The minimum absolute atomic E-state index is 0.0463. The van der Waals surface area contributed by atoms with Crippen molar-refractivity contribution in [2.24, 2.45) is 0 Å². The maximum Gasteiger partial charge on any atom is 0.302 e. The molecule has 2 aromatic carbocycles. The minimum Gasteiger partial charge on any atom is -0.451 e. The highest BCUT2D eigenvalue weighted by molar-refractivity contribution is 7.89. The van der Waals surface area contributed by atoms with Gasteiger partial charge in [0.1, 0.15) is 5.58 Å². The highest BCUT2D eigenvalue weighted by atomic mass is 35.5. The Bertz CT molecular complexity index is 1030. The zero-order valence-electron chi connectivity index (χ0n) is 12.5. The van der Waals surface area contributed by atoms with E-state index in [0.29, 0.717) is 11.1 Å². The number of furan rings is 1. The molecule has 0 unspecified atom stereocenters. The number of hydrazine groups is 1. The first-order valence-corrected chi connectivity index (χ1v) is 8.80. The van der Waals surface area contributed by atoms with Gasteiger partial charge in [-0.3, -0.25) is 10.2 Å². The molecule has 0 aliphatic heterocycles. The van der Waals surface area contributed by atoms with E-state index < -0.39 is 15.9 Å². The van der Waals surface area contributed by atoms with E-state index in [1.54, 1.807) is 25.1 Å². The molecule has 0 saturated heterocycles. The lowest BCUT2D eigenvalue weighted by Crippen LogP contribution is -2.41. The lowest BCUT2D eigenvalue weighted by molar-refractivity contribution is 0.0918. The van der Waals surface area contributed by atoms with Crippen LogP contribution in [-0.4, -0.2) is 14.3 Å². The zero-order valence-corrected chi connectivity index (χ0v) is 14.1. The fourth-order valence-electron chi connectivity index (χ4n) is 2.25. The van der Waals surface area contributed by atoms with Gasteiger partial charge in [-0.25, -0.2) is 8.42 Å². The molecule has 2 N–H and O–H groups in total. The van der Waals surface area contributed by atoms with Crippen LogP contribution in [0, 0.1) is 6.92 Å². The second kappa shape index (κ2) is 6.27. The van der Waals surface area contributed by atoms with Gasteiger partial charge in [0.2, 0.25) is 0 Å². The van der Waals surface area contributed by atoms with E-state index in [4.69, 9.17) is 16.0 Å². The van der Waals surface area contributed by atoms with Crippen LogP contribution in [0.5, 0.6) is 0 Å². The molecule has 0 aliphatic rings. The molecule has 0 radical (unpaired) electrons. The summed E-state index contributed by atoms with van der Waals surface area (Å²) in [6.07, 6.45) is 0. The van der Waals surface area contributed by atoms with Crippen molar-refractivity contribution in [1.29, 1.82) is 0 Å². The van der Waals surface area contributed by atoms with Crippen LogP contribution in [-0.2, 0) is 10.0 Å². The van der Waals surface area contributed by atoms with Gasteiger partial charge in [-0.15, -0.1) is 4.83 Å². The van der Waals surface area contributed by atoms with Crippen LogP contribution in [0.4, 0.5) is 0 Å². The molecule has 24 heavy (non-hydrogen) atoms. The number of sulfonamides is 1. The van der Waals surface area contributed by atoms with E-state index in [0.717, 1.165) is 5.39 Å².